The van der Waals surface area contributed by atoms with Crippen molar-refractivity contribution in [1.29, 1.82) is 0 Å². The highest BCUT2D eigenvalue weighted by Gasteiger charge is 2.29. The summed E-state index contributed by atoms with van der Waals surface area (Å²) in [5.74, 6) is 0.184. The van der Waals surface area contributed by atoms with Gasteiger partial charge in [-0.05, 0) is 25.0 Å². The maximum absolute atomic E-state index is 12.4. The van der Waals surface area contributed by atoms with E-state index in [2.05, 4.69) is 0 Å². The predicted molar refractivity (Wildman–Crippen MR) is 71.3 cm³/mol. The summed E-state index contributed by atoms with van der Waals surface area (Å²) >= 11 is 0. The predicted octanol–water partition coefficient (Wildman–Crippen LogP) is 2.18. The van der Waals surface area contributed by atoms with E-state index in [0.717, 1.165) is 25.1 Å². The largest absolute Gasteiger partial charge is 0.378 e. The Hall–Kier alpha value is -1.68. The van der Waals surface area contributed by atoms with Gasteiger partial charge in [-0.25, -0.2) is 0 Å². The van der Waals surface area contributed by atoms with E-state index in [0.29, 0.717) is 24.9 Å². The molecule has 2 aliphatic heterocycles. The molecule has 0 N–H and O–H groups in total. The van der Waals surface area contributed by atoms with Crippen molar-refractivity contribution in [1.82, 2.24) is 0 Å². The van der Waals surface area contributed by atoms with Gasteiger partial charge in [0.25, 0.3) is 0 Å². The quantitative estimate of drug-likeness (QED) is 0.817. The maximum atomic E-state index is 12.4. The summed E-state index contributed by atoms with van der Waals surface area (Å²) in [5.41, 5.74) is 1.41. The molecule has 0 aliphatic carbocycles. The van der Waals surface area contributed by atoms with Crippen LogP contribution >= 0.6 is 0 Å². The number of nitrogens with zero attached hydrogens (tertiary/aromatic N) is 1. The van der Waals surface area contributed by atoms with E-state index in [9.17, 15) is 9.59 Å². The maximum Gasteiger partial charge on any atom is 0.229 e. The Morgan fingerprint density at radius 3 is 3.00 bits per heavy atom. The number of ether oxygens (including phenoxy) is 1. The molecule has 4 nitrogen and oxygen atoms in total. The molecule has 1 aromatic rings. The van der Waals surface area contributed by atoms with Gasteiger partial charge in [0.1, 0.15) is 0 Å². The average Bonchev–Trinajstić information content (AvgIpc) is 2.92. The highest BCUT2D eigenvalue weighted by molar-refractivity contribution is 6.08. The van der Waals surface area contributed by atoms with Gasteiger partial charge in [-0.3, -0.25) is 9.59 Å². The molecule has 0 radical (unpaired) electrons. The van der Waals surface area contributed by atoms with Gasteiger partial charge in [0, 0.05) is 25.1 Å². The summed E-state index contributed by atoms with van der Waals surface area (Å²) < 4.78 is 5.51. The van der Waals surface area contributed by atoms with Crippen LogP contribution in [0.2, 0.25) is 0 Å². The molecule has 19 heavy (non-hydrogen) atoms. The Kier molecular flexibility index (Phi) is 3.34. The fourth-order valence-corrected chi connectivity index (χ4v) is 2.78. The minimum Gasteiger partial charge on any atom is -0.378 e. The number of hydrogen-bond acceptors (Lipinski definition) is 3. The highest BCUT2D eigenvalue weighted by Crippen LogP contribution is 2.28. The number of fused-ring (bicyclic) bond motifs is 1. The molecule has 4 heteroatoms. The van der Waals surface area contributed by atoms with E-state index >= 15 is 0 Å². The summed E-state index contributed by atoms with van der Waals surface area (Å²) in [4.78, 5) is 25.9. The molecular weight excluding hydrogens is 242 g/mol. The highest BCUT2D eigenvalue weighted by atomic mass is 16.5. The standard InChI is InChI=1S/C15H17NO3/c17-14-7-8-16(13-6-2-1-5-12(13)14)15(18)10-11-4-3-9-19-11/h1-2,5-6,11H,3-4,7-10H2. The molecule has 100 valence electrons. The minimum absolute atomic E-state index is 0.0530. The number of carbonyl (C=O) groups excluding carboxylic acids is 2. The first-order valence-electron chi connectivity index (χ1n) is 6.80. The van der Waals surface area contributed by atoms with Gasteiger partial charge in [-0.1, -0.05) is 12.1 Å². The van der Waals surface area contributed by atoms with Crippen LogP contribution in [0.1, 0.15) is 36.0 Å². The fourth-order valence-electron chi connectivity index (χ4n) is 2.78. The van der Waals surface area contributed by atoms with Gasteiger partial charge >= 0.3 is 0 Å². The Bertz CT molecular complexity index is 506. The fraction of sp³-hybridized carbons (Fsp3) is 0.467. The van der Waals surface area contributed by atoms with Gasteiger partial charge in [0.15, 0.2) is 5.78 Å². The molecule has 1 atom stereocenters. The summed E-state index contributed by atoms with van der Waals surface area (Å²) in [6.45, 7) is 1.24. The first-order chi connectivity index (χ1) is 9.25. The van der Waals surface area contributed by atoms with Crippen LogP contribution in [0.25, 0.3) is 0 Å². The number of rotatable bonds is 2. The molecule has 3 rings (SSSR count). The first kappa shape index (κ1) is 12.4. The Morgan fingerprint density at radius 1 is 1.37 bits per heavy atom. The molecule has 2 heterocycles. The number of hydrogen-bond donors (Lipinski definition) is 0. The number of benzene rings is 1. The van der Waals surface area contributed by atoms with Crippen molar-refractivity contribution in [3.8, 4) is 0 Å². The number of carbonyl (C=O) groups is 2. The number of ketones is 1. The molecular formula is C15H17NO3. The Balaban J connectivity index is 1.79. The average molecular weight is 259 g/mol. The Labute approximate surface area is 112 Å². The van der Waals surface area contributed by atoms with Crippen LogP contribution in [0.5, 0.6) is 0 Å². The summed E-state index contributed by atoms with van der Waals surface area (Å²) in [7, 11) is 0. The SMILES string of the molecule is O=C1CCN(C(=O)CC2CCCO2)c2ccccc21. The lowest BCUT2D eigenvalue weighted by Gasteiger charge is -2.29. The molecule has 0 aromatic heterocycles. The lowest BCUT2D eigenvalue weighted by atomic mass is 9.99. The van der Waals surface area contributed by atoms with Crippen LogP contribution in [-0.4, -0.2) is 30.9 Å². The van der Waals surface area contributed by atoms with Gasteiger partial charge < -0.3 is 9.64 Å². The second-order valence-electron chi connectivity index (χ2n) is 5.07. The van der Waals surface area contributed by atoms with Crippen LogP contribution in [0.15, 0.2) is 24.3 Å². The van der Waals surface area contributed by atoms with Crippen molar-refractivity contribution in [2.75, 3.05) is 18.1 Å². The molecule has 0 bridgehead atoms. The number of Topliss-reactive ketones (excluding diaryl/α,β-unsaturated/α-hetero) is 1. The van der Waals surface area contributed by atoms with Crippen molar-refractivity contribution < 1.29 is 14.3 Å². The molecule has 1 fully saturated rings. The summed E-state index contributed by atoms with van der Waals surface area (Å²) in [6, 6.07) is 7.34. The normalized spacial score (nSPS) is 22.4. The van der Waals surface area contributed by atoms with Crippen molar-refractivity contribution in [2.24, 2.45) is 0 Å². The van der Waals surface area contributed by atoms with E-state index in [4.69, 9.17) is 4.74 Å². The van der Waals surface area contributed by atoms with E-state index < -0.39 is 0 Å². The molecule has 2 aliphatic rings. The topological polar surface area (TPSA) is 46.6 Å². The molecule has 1 amide bonds. The molecule has 1 aromatic carbocycles. The van der Waals surface area contributed by atoms with Crippen LogP contribution in [0.4, 0.5) is 5.69 Å². The van der Waals surface area contributed by atoms with Crippen LogP contribution in [0.3, 0.4) is 0 Å². The van der Waals surface area contributed by atoms with Crippen molar-refractivity contribution in [2.45, 2.75) is 31.8 Å². The molecule has 1 unspecified atom stereocenters. The van der Waals surface area contributed by atoms with Crippen molar-refractivity contribution in [3.63, 3.8) is 0 Å². The van der Waals surface area contributed by atoms with Gasteiger partial charge in [0.2, 0.25) is 5.91 Å². The lowest BCUT2D eigenvalue weighted by Crippen LogP contribution is -2.38. The summed E-state index contributed by atoms with van der Waals surface area (Å²) in [6.07, 6.45) is 2.88. The number of para-hydroxylation sites is 1. The number of anilines is 1. The van der Waals surface area contributed by atoms with Gasteiger partial charge in [0.05, 0.1) is 18.2 Å². The van der Waals surface area contributed by atoms with Crippen molar-refractivity contribution >= 4 is 17.4 Å². The molecule has 1 saturated heterocycles. The molecule has 0 spiro atoms. The van der Waals surface area contributed by atoms with E-state index in [1.165, 1.54) is 0 Å². The van der Waals surface area contributed by atoms with Gasteiger partial charge in [-0.15, -0.1) is 0 Å². The van der Waals surface area contributed by atoms with Crippen molar-refractivity contribution in [3.05, 3.63) is 29.8 Å². The van der Waals surface area contributed by atoms with Crippen LogP contribution < -0.4 is 4.90 Å². The molecule has 0 saturated carbocycles. The van der Waals surface area contributed by atoms with Crippen LogP contribution in [0, 0.1) is 0 Å². The lowest BCUT2D eigenvalue weighted by molar-refractivity contribution is -0.120. The smallest absolute Gasteiger partial charge is 0.229 e. The zero-order valence-corrected chi connectivity index (χ0v) is 10.8. The summed E-state index contributed by atoms with van der Waals surface area (Å²) in [5, 5.41) is 0. The zero-order chi connectivity index (χ0) is 13.2. The van der Waals surface area contributed by atoms with Gasteiger partial charge in [-0.2, -0.15) is 0 Å². The zero-order valence-electron chi connectivity index (χ0n) is 10.8. The third-order valence-corrected chi connectivity index (χ3v) is 3.79. The van der Waals surface area contributed by atoms with E-state index in [-0.39, 0.29) is 17.8 Å². The van der Waals surface area contributed by atoms with E-state index in [1.807, 2.05) is 18.2 Å². The minimum atomic E-state index is 0.0530. The third kappa shape index (κ3) is 2.40. The third-order valence-electron chi connectivity index (χ3n) is 3.79. The second-order valence-corrected chi connectivity index (χ2v) is 5.07. The Morgan fingerprint density at radius 2 is 2.21 bits per heavy atom. The van der Waals surface area contributed by atoms with E-state index in [1.54, 1.807) is 11.0 Å². The van der Waals surface area contributed by atoms with Crippen LogP contribution in [-0.2, 0) is 9.53 Å². The monoisotopic (exact) mass is 259 g/mol. The first-order valence-corrected chi connectivity index (χ1v) is 6.80. The second kappa shape index (κ2) is 5.13. The number of amides is 1.